The van der Waals surface area contributed by atoms with Crippen LogP contribution in [0.3, 0.4) is 0 Å². The van der Waals surface area contributed by atoms with E-state index in [2.05, 4.69) is 20.8 Å². The highest BCUT2D eigenvalue weighted by molar-refractivity contribution is 6.37. The van der Waals surface area contributed by atoms with Crippen molar-refractivity contribution in [1.29, 1.82) is 0 Å². The monoisotopic (exact) mass is 432 g/mol. The van der Waals surface area contributed by atoms with Crippen LogP contribution in [-0.4, -0.2) is 21.9 Å². The number of benzene rings is 3. The highest BCUT2D eigenvalue weighted by Gasteiger charge is 2.23. The second-order valence-corrected chi connectivity index (χ2v) is 8.50. The van der Waals surface area contributed by atoms with Gasteiger partial charge in [-0.15, -0.1) is 0 Å². The van der Waals surface area contributed by atoms with Crippen molar-refractivity contribution >= 4 is 23.3 Å². The van der Waals surface area contributed by atoms with E-state index in [1.165, 1.54) is 17.0 Å². The summed E-state index contributed by atoms with van der Waals surface area (Å²) in [5.74, 6) is -2.58. The molecule has 7 heteroatoms. The summed E-state index contributed by atoms with van der Waals surface area (Å²) in [5, 5.41) is 20.3. The number of hydrogen-bond acceptors (Lipinski definition) is 4. The summed E-state index contributed by atoms with van der Waals surface area (Å²) < 4.78 is 0. The molecule has 0 atom stereocenters. The van der Waals surface area contributed by atoms with Crippen LogP contribution in [0.25, 0.3) is 11.1 Å². The molecule has 0 heterocycles. The van der Waals surface area contributed by atoms with E-state index in [1.807, 2.05) is 24.3 Å². The van der Waals surface area contributed by atoms with Crippen LogP contribution in [-0.2, 0) is 21.5 Å². The fourth-order valence-electron chi connectivity index (χ4n) is 3.32. The second-order valence-electron chi connectivity index (χ2n) is 8.50. The van der Waals surface area contributed by atoms with Crippen LogP contribution in [0.15, 0.2) is 72.8 Å². The Morgan fingerprint density at radius 3 is 2.09 bits per heavy atom. The predicted octanol–water partition coefficient (Wildman–Crippen LogP) is 5.18. The van der Waals surface area contributed by atoms with Crippen LogP contribution in [0, 0.1) is 10.1 Å². The Morgan fingerprint density at radius 1 is 0.938 bits per heavy atom. The molecule has 0 aliphatic rings. The summed E-state index contributed by atoms with van der Waals surface area (Å²) in [7, 11) is 0. The Hall–Kier alpha value is -4.00. The number of rotatable bonds is 5. The maximum absolute atomic E-state index is 12.4. The first-order valence-corrected chi connectivity index (χ1v) is 10.1. The van der Waals surface area contributed by atoms with Gasteiger partial charge in [-0.1, -0.05) is 69.3 Å². The van der Waals surface area contributed by atoms with E-state index in [0.29, 0.717) is 11.3 Å². The van der Waals surface area contributed by atoms with Crippen LogP contribution in [0.2, 0.25) is 0 Å². The Morgan fingerprint density at radius 2 is 1.56 bits per heavy atom. The normalized spacial score (nSPS) is 11.1. The van der Waals surface area contributed by atoms with Crippen molar-refractivity contribution in [2.24, 2.45) is 0 Å². The molecule has 0 unspecified atom stereocenters. The lowest BCUT2D eigenvalue weighted by molar-refractivity contribution is -0.384. The first-order chi connectivity index (χ1) is 15.1. The van der Waals surface area contributed by atoms with E-state index in [1.54, 1.807) is 36.4 Å². The van der Waals surface area contributed by atoms with Gasteiger partial charge >= 0.3 is 11.9 Å². The van der Waals surface area contributed by atoms with Gasteiger partial charge in [-0.05, 0) is 39.8 Å². The molecule has 32 heavy (non-hydrogen) atoms. The van der Waals surface area contributed by atoms with Crippen molar-refractivity contribution < 1.29 is 19.6 Å². The molecule has 3 rings (SSSR count). The van der Waals surface area contributed by atoms with Gasteiger partial charge in [0, 0.05) is 17.8 Å². The summed E-state index contributed by atoms with van der Waals surface area (Å²) in [6.07, 6.45) is 0. The minimum Gasteiger partial charge on any atom is -0.474 e. The lowest BCUT2D eigenvalue weighted by Gasteiger charge is -2.23. The number of aliphatic carboxylic acids is 1. The molecule has 0 saturated carbocycles. The van der Waals surface area contributed by atoms with Crippen molar-refractivity contribution in [3.05, 3.63) is 94.0 Å². The Bertz CT molecular complexity index is 1150. The van der Waals surface area contributed by atoms with Crippen molar-refractivity contribution in [3.63, 3.8) is 0 Å². The Labute approximate surface area is 186 Å². The summed E-state index contributed by atoms with van der Waals surface area (Å²) in [6.45, 7) is 6.41. The van der Waals surface area contributed by atoms with Gasteiger partial charge in [-0.3, -0.25) is 19.8 Å². The number of non-ortho nitro benzene ring substituents is 1. The van der Waals surface area contributed by atoms with Gasteiger partial charge in [-0.25, -0.2) is 4.79 Å². The third-order valence-electron chi connectivity index (χ3n) is 5.16. The molecular formula is C25H24N2O5. The van der Waals surface area contributed by atoms with Crippen LogP contribution in [0.5, 0.6) is 0 Å². The van der Waals surface area contributed by atoms with Gasteiger partial charge in [0.2, 0.25) is 0 Å². The molecule has 3 aromatic rings. The molecule has 7 nitrogen and oxygen atoms in total. The molecule has 0 aliphatic heterocycles. The van der Waals surface area contributed by atoms with E-state index in [-0.39, 0.29) is 17.6 Å². The number of anilines is 1. The lowest BCUT2D eigenvalue weighted by Crippen LogP contribution is -2.36. The van der Waals surface area contributed by atoms with Crippen molar-refractivity contribution in [3.8, 4) is 11.1 Å². The molecular weight excluding hydrogens is 408 g/mol. The van der Waals surface area contributed by atoms with Gasteiger partial charge in [0.05, 0.1) is 11.5 Å². The standard InChI is InChI=1S/C25H24N2O5/c1-25(2,3)20-11-7-17(8-12-20)16-26(23(28)24(29)30)21-13-9-18(10-14-21)19-5-4-6-22(15-19)27(31)32/h4-15H,16H2,1-3H3,(H,29,30). The van der Waals surface area contributed by atoms with E-state index in [4.69, 9.17) is 0 Å². The van der Waals surface area contributed by atoms with Gasteiger partial charge in [0.15, 0.2) is 0 Å². The van der Waals surface area contributed by atoms with E-state index < -0.39 is 16.8 Å². The number of hydrogen-bond donors (Lipinski definition) is 1. The number of carbonyl (C=O) groups excluding carboxylic acids is 1. The fourth-order valence-corrected chi connectivity index (χ4v) is 3.32. The van der Waals surface area contributed by atoms with Gasteiger partial charge < -0.3 is 5.11 Å². The van der Waals surface area contributed by atoms with E-state index in [0.717, 1.165) is 16.7 Å². The van der Waals surface area contributed by atoms with E-state index in [9.17, 15) is 24.8 Å². The molecule has 0 aliphatic carbocycles. The quantitative estimate of drug-likeness (QED) is 0.340. The third kappa shape index (κ3) is 5.18. The van der Waals surface area contributed by atoms with Crippen LogP contribution in [0.1, 0.15) is 31.9 Å². The van der Waals surface area contributed by atoms with Gasteiger partial charge in [-0.2, -0.15) is 0 Å². The van der Waals surface area contributed by atoms with Crippen LogP contribution < -0.4 is 4.90 Å². The summed E-state index contributed by atoms with van der Waals surface area (Å²) in [4.78, 5) is 35.6. The zero-order valence-electron chi connectivity index (χ0n) is 18.1. The predicted molar refractivity (Wildman–Crippen MR) is 123 cm³/mol. The number of carboxylic acids is 1. The second kappa shape index (κ2) is 9.01. The van der Waals surface area contributed by atoms with Crippen molar-refractivity contribution in [1.82, 2.24) is 0 Å². The first kappa shape index (κ1) is 22.7. The molecule has 0 aromatic heterocycles. The average Bonchev–Trinajstić information content (AvgIpc) is 2.77. The van der Waals surface area contributed by atoms with Crippen molar-refractivity contribution in [2.75, 3.05) is 4.90 Å². The van der Waals surface area contributed by atoms with E-state index >= 15 is 0 Å². The van der Waals surface area contributed by atoms with Crippen LogP contribution in [0.4, 0.5) is 11.4 Å². The summed E-state index contributed by atoms with van der Waals surface area (Å²) >= 11 is 0. The molecule has 0 bridgehead atoms. The number of nitro benzene ring substituents is 1. The first-order valence-electron chi connectivity index (χ1n) is 10.1. The van der Waals surface area contributed by atoms with Crippen molar-refractivity contribution in [2.45, 2.75) is 32.7 Å². The SMILES string of the molecule is CC(C)(C)c1ccc(CN(C(=O)C(=O)O)c2ccc(-c3cccc([N+](=O)[O-])c3)cc2)cc1. The molecule has 0 spiro atoms. The smallest absolute Gasteiger partial charge is 0.394 e. The average molecular weight is 432 g/mol. The summed E-state index contributed by atoms with van der Waals surface area (Å²) in [5.41, 5.74) is 3.69. The molecule has 0 fully saturated rings. The maximum atomic E-state index is 12.4. The number of carbonyl (C=O) groups is 2. The molecule has 0 radical (unpaired) electrons. The number of amides is 1. The largest absolute Gasteiger partial charge is 0.474 e. The zero-order chi connectivity index (χ0) is 23.5. The molecule has 3 aromatic carbocycles. The number of carboxylic acid groups (broad SMARTS) is 1. The van der Waals surface area contributed by atoms with Gasteiger partial charge in [0.1, 0.15) is 0 Å². The minimum absolute atomic E-state index is 0.0164. The Kier molecular flexibility index (Phi) is 6.39. The molecule has 1 amide bonds. The molecule has 1 N–H and O–H groups in total. The number of nitro groups is 1. The molecule has 164 valence electrons. The lowest BCUT2D eigenvalue weighted by atomic mass is 9.87. The summed E-state index contributed by atoms with van der Waals surface area (Å²) in [6, 6.07) is 20.6. The Balaban J connectivity index is 1.89. The molecule has 0 saturated heterocycles. The zero-order valence-corrected chi connectivity index (χ0v) is 18.1. The van der Waals surface area contributed by atoms with Crippen LogP contribution >= 0.6 is 0 Å². The number of nitrogens with zero attached hydrogens (tertiary/aromatic N) is 2. The third-order valence-corrected chi connectivity index (χ3v) is 5.16. The van der Waals surface area contributed by atoms with Gasteiger partial charge in [0.25, 0.3) is 5.69 Å². The highest BCUT2D eigenvalue weighted by atomic mass is 16.6. The maximum Gasteiger partial charge on any atom is 0.394 e. The topological polar surface area (TPSA) is 101 Å². The fraction of sp³-hybridized carbons (Fsp3) is 0.200. The highest BCUT2D eigenvalue weighted by Crippen LogP contribution is 2.28. The minimum atomic E-state index is -1.54.